The number of pyridine rings is 1. The van der Waals surface area contributed by atoms with Gasteiger partial charge in [0.25, 0.3) is 0 Å². The molecule has 4 amide bonds. The Morgan fingerprint density at radius 1 is 1.15 bits per heavy atom. The maximum Gasteiger partial charge on any atom is 0.325 e. The number of nitrogens with one attached hydrogen (secondary N) is 2. The topological polar surface area (TPSA) is 95.8 Å². The highest BCUT2D eigenvalue weighted by molar-refractivity contribution is 6.04. The van der Waals surface area contributed by atoms with Crippen LogP contribution in [0.3, 0.4) is 0 Å². The first-order valence-corrected chi connectivity index (χ1v) is 8.01. The van der Waals surface area contributed by atoms with Crippen LogP contribution < -0.4 is 10.6 Å². The Morgan fingerprint density at radius 3 is 2.65 bits per heavy atom. The lowest BCUT2D eigenvalue weighted by molar-refractivity contribution is -0.119. The molecule has 1 aliphatic heterocycles. The largest absolute Gasteiger partial charge is 0.325 e. The van der Waals surface area contributed by atoms with Gasteiger partial charge in [0.1, 0.15) is 18.7 Å². The standard InChI is InChI=1S/C18H15N5O3/c24-16(10-23-11-17(25)21-18(23)26)19-13-6-4-12(5-7-13)14-9-22-8-2-1-3-15(22)20-14/h1-9H,10-11H2,(H,19,24)(H,21,25,26). The molecule has 1 fully saturated rings. The number of benzene rings is 1. The number of imide groups is 1. The van der Waals surface area contributed by atoms with Gasteiger partial charge in [-0.25, -0.2) is 9.78 Å². The van der Waals surface area contributed by atoms with Gasteiger partial charge in [0.05, 0.1) is 5.69 Å². The molecule has 0 radical (unpaired) electrons. The summed E-state index contributed by atoms with van der Waals surface area (Å²) in [7, 11) is 0. The molecule has 0 aliphatic carbocycles. The number of hydrogen-bond donors (Lipinski definition) is 2. The van der Waals surface area contributed by atoms with E-state index in [1.807, 2.05) is 47.1 Å². The fourth-order valence-corrected chi connectivity index (χ4v) is 2.78. The van der Waals surface area contributed by atoms with Gasteiger partial charge in [-0.2, -0.15) is 0 Å². The van der Waals surface area contributed by atoms with E-state index in [9.17, 15) is 14.4 Å². The molecule has 2 aromatic heterocycles. The number of urea groups is 1. The molecule has 3 aromatic rings. The summed E-state index contributed by atoms with van der Waals surface area (Å²) in [4.78, 5) is 40.3. The van der Waals surface area contributed by atoms with Crippen molar-refractivity contribution in [2.24, 2.45) is 0 Å². The average Bonchev–Trinajstić information content (AvgIpc) is 3.18. The van der Waals surface area contributed by atoms with Gasteiger partial charge in [-0.3, -0.25) is 14.9 Å². The van der Waals surface area contributed by atoms with Crippen LogP contribution in [0.15, 0.2) is 54.9 Å². The Bertz CT molecular complexity index is 976. The lowest BCUT2D eigenvalue weighted by Crippen LogP contribution is -2.35. The Balaban J connectivity index is 1.43. The molecule has 0 spiro atoms. The molecule has 1 aliphatic rings. The van der Waals surface area contributed by atoms with Crippen LogP contribution in [0.5, 0.6) is 0 Å². The van der Waals surface area contributed by atoms with Gasteiger partial charge < -0.3 is 14.6 Å². The van der Waals surface area contributed by atoms with Crippen molar-refractivity contribution in [1.29, 1.82) is 0 Å². The van der Waals surface area contributed by atoms with Crippen molar-refractivity contribution in [1.82, 2.24) is 19.6 Å². The molecule has 0 bridgehead atoms. The summed E-state index contributed by atoms with van der Waals surface area (Å²) in [6.07, 6.45) is 3.87. The van der Waals surface area contributed by atoms with Crippen molar-refractivity contribution >= 4 is 29.2 Å². The number of amides is 4. The highest BCUT2D eigenvalue weighted by Crippen LogP contribution is 2.21. The zero-order valence-electron chi connectivity index (χ0n) is 13.7. The maximum absolute atomic E-state index is 12.0. The van der Waals surface area contributed by atoms with Crippen LogP contribution in [0, 0.1) is 0 Å². The third kappa shape index (κ3) is 3.12. The Labute approximate surface area is 148 Å². The number of hydrogen-bond acceptors (Lipinski definition) is 4. The summed E-state index contributed by atoms with van der Waals surface area (Å²) >= 11 is 0. The number of fused-ring (bicyclic) bond motifs is 1. The quantitative estimate of drug-likeness (QED) is 0.698. The van der Waals surface area contributed by atoms with E-state index in [0.717, 1.165) is 21.8 Å². The molecule has 130 valence electrons. The SMILES string of the molecule is O=C1CN(CC(=O)Nc2ccc(-c3cn4ccccc4n3)cc2)C(=O)N1. The molecule has 0 atom stereocenters. The van der Waals surface area contributed by atoms with Crippen LogP contribution in [0.25, 0.3) is 16.9 Å². The third-order valence-electron chi connectivity index (χ3n) is 4.03. The first kappa shape index (κ1) is 15.8. The van der Waals surface area contributed by atoms with Crippen molar-refractivity contribution in [2.75, 3.05) is 18.4 Å². The number of anilines is 1. The number of rotatable bonds is 4. The van der Waals surface area contributed by atoms with E-state index in [1.54, 1.807) is 12.1 Å². The molecule has 4 rings (SSSR count). The van der Waals surface area contributed by atoms with Crippen LogP contribution in [0.1, 0.15) is 0 Å². The zero-order valence-corrected chi connectivity index (χ0v) is 13.7. The lowest BCUT2D eigenvalue weighted by atomic mass is 10.1. The fraction of sp³-hybridized carbons (Fsp3) is 0.111. The molecule has 3 heterocycles. The van der Waals surface area contributed by atoms with E-state index in [4.69, 9.17) is 0 Å². The van der Waals surface area contributed by atoms with E-state index in [-0.39, 0.29) is 19.0 Å². The van der Waals surface area contributed by atoms with E-state index < -0.39 is 11.9 Å². The monoisotopic (exact) mass is 349 g/mol. The molecular weight excluding hydrogens is 334 g/mol. The van der Waals surface area contributed by atoms with Gasteiger partial charge in [0, 0.05) is 23.6 Å². The summed E-state index contributed by atoms with van der Waals surface area (Å²) in [6, 6.07) is 12.5. The van der Waals surface area contributed by atoms with Crippen LogP contribution in [0.4, 0.5) is 10.5 Å². The lowest BCUT2D eigenvalue weighted by Gasteiger charge is -2.12. The number of carbonyl (C=O) groups is 3. The molecule has 0 saturated carbocycles. The molecule has 2 N–H and O–H groups in total. The molecule has 26 heavy (non-hydrogen) atoms. The summed E-state index contributed by atoms with van der Waals surface area (Å²) in [5, 5.41) is 4.84. The second-order valence-electron chi connectivity index (χ2n) is 5.93. The van der Waals surface area contributed by atoms with E-state index >= 15 is 0 Å². The molecule has 1 saturated heterocycles. The Morgan fingerprint density at radius 2 is 1.96 bits per heavy atom. The minimum atomic E-state index is -0.549. The molecular formula is C18H15N5O3. The van der Waals surface area contributed by atoms with Gasteiger partial charge in [-0.15, -0.1) is 0 Å². The zero-order chi connectivity index (χ0) is 18.1. The summed E-state index contributed by atoms with van der Waals surface area (Å²) in [5.41, 5.74) is 3.23. The minimum absolute atomic E-state index is 0.0981. The highest BCUT2D eigenvalue weighted by atomic mass is 16.2. The van der Waals surface area contributed by atoms with Gasteiger partial charge in [-0.05, 0) is 24.3 Å². The highest BCUT2D eigenvalue weighted by Gasteiger charge is 2.28. The van der Waals surface area contributed by atoms with Gasteiger partial charge in [0.2, 0.25) is 11.8 Å². The van der Waals surface area contributed by atoms with Gasteiger partial charge >= 0.3 is 6.03 Å². The van der Waals surface area contributed by atoms with Crippen LogP contribution in [-0.4, -0.2) is 45.2 Å². The number of nitrogens with zero attached hydrogens (tertiary/aromatic N) is 3. The van der Waals surface area contributed by atoms with E-state index in [1.165, 1.54) is 0 Å². The van der Waals surface area contributed by atoms with Crippen molar-refractivity contribution in [3.8, 4) is 11.3 Å². The number of carbonyl (C=O) groups excluding carboxylic acids is 3. The number of imidazole rings is 1. The Hall–Kier alpha value is -3.68. The second kappa shape index (κ2) is 6.32. The van der Waals surface area contributed by atoms with Crippen LogP contribution in [-0.2, 0) is 9.59 Å². The van der Waals surface area contributed by atoms with Gasteiger partial charge in [0.15, 0.2) is 0 Å². The predicted molar refractivity (Wildman–Crippen MR) is 94.4 cm³/mol. The molecule has 8 nitrogen and oxygen atoms in total. The van der Waals surface area contributed by atoms with Crippen LogP contribution in [0.2, 0.25) is 0 Å². The predicted octanol–water partition coefficient (Wildman–Crippen LogP) is 1.49. The van der Waals surface area contributed by atoms with E-state index in [2.05, 4.69) is 15.6 Å². The minimum Gasteiger partial charge on any atom is -0.325 e. The summed E-state index contributed by atoms with van der Waals surface area (Å²) < 4.78 is 1.94. The average molecular weight is 349 g/mol. The summed E-state index contributed by atoms with van der Waals surface area (Å²) in [5.74, 6) is -0.769. The first-order valence-electron chi connectivity index (χ1n) is 8.01. The normalized spacial score (nSPS) is 13.9. The molecule has 0 unspecified atom stereocenters. The van der Waals surface area contributed by atoms with Crippen molar-refractivity contribution in [2.45, 2.75) is 0 Å². The van der Waals surface area contributed by atoms with Crippen molar-refractivity contribution in [3.05, 3.63) is 54.9 Å². The maximum atomic E-state index is 12.0. The fourth-order valence-electron chi connectivity index (χ4n) is 2.78. The molecule has 1 aromatic carbocycles. The van der Waals surface area contributed by atoms with Crippen molar-refractivity contribution < 1.29 is 14.4 Å². The number of aromatic nitrogens is 2. The van der Waals surface area contributed by atoms with Crippen LogP contribution >= 0.6 is 0 Å². The Kier molecular flexibility index (Phi) is 3.85. The van der Waals surface area contributed by atoms with E-state index in [0.29, 0.717) is 5.69 Å². The third-order valence-corrected chi connectivity index (χ3v) is 4.03. The summed E-state index contributed by atoms with van der Waals surface area (Å²) in [6.45, 7) is -0.273. The van der Waals surface area contributed by atoms with Gasteiger partial charge in [-0.1, -0.05) is 18.2 Å². The smallest absolute Gasteiger partial charge is 0.325 e. The first-order chi connectivity index (χ1) is 12.6. The van der Waals surface area contributed by atoms with Crippen molar-refractivity contribution in [3.63, 3.8) is 0 Å². The second-order valence-corrected chi connectivity index (χ2v) is 5.93. The molecule has 8 heteroatoms.